The van der Waals surface area contributed by atoms with Crippen molar-refractivity contribution in [1.82, 2.24) is 19.5 Å². The van der Waals surface area contributed by atoms with E-state index in [1.54, 1.807) is 6.20 Å². The standard InChI is InChI=1S/C19H21BrN4.C3H8/c20-18-13-22-24-14-17(12-21-19(18)24)16-6-4-15(5-7-16)8-11-23-9-2-1-3-10-23;1-3-2/h4-7,12-14H,1-3,8-11H2;3H2,1-2H3. The van der Waals surface area contributed by atoms with Gasteiger partial charge in [-0.2, -0.15) is 5.10 Å². The average Bonchev–Trinajstić information content (AvgIpc) is 3.08. The summed E-state index contributed by atoms with van der Waals surface area (Å²) in [7, 11) is 0. The summed E-state index contributed by atoms with van der Waals surface area (Å²) in [5, 5.41) is 4.30. The van der Waals surface area contributed by atoms with Crippen LogP contribution in [0.2, 0.25) is 0 Å². The van der Waals surface area contributed by atoms with E-state index in [0.29, 0.717) is 0 Å². The quantitative estimate of drug-likeness (QED) is 0.541. The van der Waals surface area contributed by atoms with Crippen LogP contribution in [0.5, 0.6) is 0 Å². The number of piperidine rings is 1. The number of rotatable bonds is 4. The first-order valence-corrected chi connectivity index (χ1v) is 10.8. The summed E-state index contributed by atoms with van der Waals surface area (Å²) >= 11 is 3.46. The van der Waals surface area contributed by atoms with Crippen molar-refractivity contribution in [3.8, 4) is 11.1 Å². The van der Waals surface area contributed by atoms with E-state index in [0.717, 1.165) is 22.1 Å². The van der Waals surface area contributed by atoms with Crippen LogP contribution in [0, 0.1) is 0 Å². The first-order valence-electron chi connectivity index (χ1n) is 10.0. The second kappa shape index (κ2) is 10.00. The van der Waals surface area contributed by atoms with E-state index in [-0.39, 0.29) is 0 Å². The molecule has 1 saturated heterocycles. The number of nitrogens with zero attached hydrogens (tertiary/aromatic N) is 4. The SMILES string of the molecule is Brc1cnn2cc(-c3ccc(CCN4CCCCC4)cc3)cnc12.CCC. The highest BCUT2D eigenvalue weighted by atomic mass is 79.9. The molecule has 0 spiro atoms. The molecule has 4 rings (SSSR count). The minimum atomic E-state index is 0.844. The lowest BCUT2D eigenvalue weighted by Gasteiger charge is -2.26. The fraction of sp³-hybridized carbons (Fsp3) is 0.455. The maximum absolute atomic E-state index is 4.48. The molecule has 0 unspecified atom stereocenters. The molecule has 1 aromatic carbocycles. The van der Waals surface area contributed by atoms with Gasteiger partial charge in [0.2, 0.25) is 0 Å². The fourth-order valence-electron chi connectivity index (χ4n) is 3.33. The minimum absolute atomic E-state index is 0.844. The van der Waals surface area contributed by atoms with Crippen LogP contribution in [-0.2, 0) is 6.42 Å². The van der Waals surface area contributed by atoms with Crippen LogP contribution < -0.4 is 0 Å². The van der Waals surface area contributed by atoms with Gasteiger partial charge >= 0.3 is 0 Å². The van der Waals surface area contributed by atoms with Gasteiger partial charge in [0.1, 0.15) is 0 Å². The highest BCUT2D eigenvalue weighted by Crippen LogP contribution is 2.22. The van der Waals surface area contributed by atoms with Crippen LogP contribution in [0.15, 0.2) is 47.3 Å². The lowest BCUT2D eigenvalue weighted by Crippen LogP contribution is -2.31. The maximum atomic E-state index is 4.48. The molecule has 5 heteroatoms. The van der Waals surface area contributed by atoms with Crippen molar-refractivity contribution in [3.63, 3.8) is 0 Å². The van der Waals surface area contributed by atoms with Crippen LogP contribution in [0.3, 0.4) is 0 Å². The average molecular weight is 429 g/mol. The Hall–Kier alpha value is -1.72. The molecule has 1 aliphatic heterocycles. The summed E-state index contributed by atoms with van der Waals surface area (Å²) < 4.78 is 2.73. The molecule has 1 aliphatic rings. The van der Waals surface area contributed by atoms with Gasteiger partial charge in [-0.1, -0.05) is 51.0 Å². The lowest BCUT2D eigenvalue weighted by molar-refractivity contribution is 0.231. The molecular weight excluding hydrogens is 400 g/mol. The van der Waals surface area contributed by atoms with Crippen molar-refractivity contribution in [1.29, 1.82) is 0 Å². The van der Waals surface area contributed by atoms with Gasteiger partial charge in [0.15, 0.2) is 5.65 Å². The van der Waals surface area contributed by atoms with Crippen LogP contribution >= 0.6 is 15.9 Å². The van der Waals surface area contributed by atoms with Crippen LogP contribution in [0.25, 0.3) is 16.8 Å². The first-order chi connectivity index (χ1) is 13.2. The first kappa shape index (κ1) is 20.0. The molecule has 144 valence electrons. The van der Waals surface area contributed by atoms with E-state index in [1.165, 1.54) is 56.4 Å². The molecule has 1 fully saturated rings. The van der Waals surface area contributed by atoms with Crippen molar-refractivity contribution in [2.24, 2.45) is 0 Å². The zero-order chi connectivity index (χ0) is 19.1. The Bertz CT molecular complexity index is 835. The van der Waals surface area contributed by atoms with Gasteiger partial charge in [-0.3, -0.25) is 0 Å². The van der Waals surface area contributed by atoms with Crippen LogP contribution in [0.1, 0.15) is 45.1 Å². The number of halogens is 1. The predicted molar refractivity (Wildman–Crippen MR) is 116 cm³/mol. The number of hydrogen-bond donors (Lipinski definition) is 0. The molecule has 0 amide bonds. The number of aromatic nitrogens is 3. The van der Waals surface area contributed by atoms with Gasteiger partial charge in [-0.15, -0.1) is 0 Å². The van der Waals surface area contributed by atoms with E-state index in [2.05, 4.69) is 69.0 Å². The van der Waals surface area contributed by atoms with Gasteiger partial charge in [-0.25, -0.2) is 9.50 Å². The van der Waals surface area contributed by atoms with E-state index >= 15 is 0 Å². The van der Waals surface area contributed by atoms with Gasteiger partial charge in [0.05, 0.1) is 10.7 Å². The van der Waals surface area contributed by atoms with E-state index in [4.69, 9.17) is 0 Å². The van der Waals surface area contributed by atoms with Crippen molar-refractivity contribution in [2.45, 2.75) is 46.0 Å². The van der Waals surface area contributed by atoms with Crippen molar-refractivity contribution < 1.29 is 0 Å². The number of likely N-dealkylation sites (tertiary alicyclic amines) is 1. The van der Waals surface area contributed by atoms with Crippen molar-refractivity contribution in [2.75, 3.05) is 19.6 Å². The number of hydrogen-bond acceptors (Lipinski definition) is 3. The topological polar surface area (TPSA) is 33.4 Å². The van der Waals surface area contributed by atoms with Gasteiger partial charge in [0.25, 0.3) is 0 Å². The Labute approximate surface area is 170 Å². The molecule has 0 aliphatic carbocycles. The summed E-state index contributed by atoms with van der Waals surface area (Å²) in [5.74, 6) is 0. The molecule has 0 radical (unpaired) electrons. The molecule has 0 saturated carbocycles. The van der Waals surface area contributed by atoms with Gasteiger partial charge < -0.3 is 4.90 Å². The Kier molecular flexibility index (Phi) is 7.41. The monoisotopic (exact) mass is 428 g/mol. The predicted octanol–water partition coefficient (Wildman–Crippen LogP) is 5.60. The normalized spacial score (nSPS) is 14.8. The molecule has 0 N–H and O–H groups in total. The molecule has 3 heterocycles. The Morgan fingerprint density at radius 3 is 2.37 bits per heavy atom. The maximum Gasteiger partial charge on any atom is 0.169 e. The van der Waals surface area contributed by atoms with Gasteiger partial charge in [0, 0.05) is 24.5 Å². The minimum Gasteiger partial charge on any atom is -0.303 e. The van der Waals surface area contributed by atoms with Crippen molar-refractivity contribution in [3.05, 3.63) is 52.9 Å². The second-order valence-corrected chi connectivity index (χ2v) is 8.01. The molecule has 0 atom stereocenters. The van der Waals surface area contributed by atoms with E-state index in [1.807, 2.05) is 16.9 Å². The summed E-state index contributed by atoms with van der Waals surface area (Å²) in [6.45, 7) is 7.96. The summed E-state index contributed by atoms with van der Waals surface area (Å²) in [6.07, 6.45) is 12.2. The van der Waals surface area contributed by atoms with Gasteiger partial charge in [-0.05, 0) is 59.4 Å². The Balaban J connectivity index is 0.000000659. The molecule has 0 bridgehead atoms. The zero-order valence-electron chi connectivity index (χ0n) is 16.4. The molecule has 4 nitrogen and oxygen atoms in total. The molecule has 27 heavy (non-hydrogen) atoms. The largest absolute Gasteiger partial charge is 0.303 e. The summed E-state index contributed by atoms with van der Waals surface area (Å²) in [6, 6.07) is 8.85. The smallest absolute Gasteiger partial charge is 0.169 e. The fourth-order valence-corrected chi connectivity index (χ4v) is 3.70. The summed E-state index contributed by atoms with van der Waals surface area (Å²) in [5.41, 5.74) is 4.51. The molecule has 2 aromatic heterocycles. The third-order valence-electron chi connectivity index (χ3n) is 4.77. The van der Waals surface area contributed by atoms with E-state index < -0.39 is 0 Å². The summed E-state index contributed by atoms with van der Waals surface area (Å²) in [4.78, 5) is 7.07. The highest BCUT2D eigenvalue weighted by molar-refractivity contribution is 9.10. The van der Waals surface area contributed by atoms with Crippen molar-refractivity contribution >= 4 is 21.6 Å². The molecular formula is C22H29BrN4. The third kappa shape index (κ3) is 5.39. The number of benzene rings is 1. The second-order valence-electron chi connectivity index (χ2n) is 7.16. The number of fused-ring (bicyclic) bond motifs is 1. The Morgan fingerprint density at radius 2 is 1.67 bits per heavy atom. The van der Waals surface area contributed by atoms with E-state index in [9.17, 15) is 0 Å². The zero-order valence-corrected chi connectivity index (χ0v) is 18.0. The van der Waals surface area contributed by atoms with Crippen LogP contribution in [-0.4, -0.2) is 39.1 Å². The Morgan fingerprint density at radius 1 is 0.963 bits per heavy atom. The third-order valence-corrected chi connectivity index (χ3v) is 5.33. The molecule has 3 aromatic rings. The lowest BCUT2D eigenvalue weighted by atomic mass is 10.0. The van der Waals surface area contributed by atoms with Crippen LogP contribution in [0.4, 0.5) is 0 Å². The highest BCUT2D eigenvalue weighted by Gasteiger charge is 2.10.